The topological polar surface area (TPSA) is 117 Å². The summed E-state index contributed by atoms with van der Waals surface area (Å²) in [5.41, 5.74) is 5.48. The van der Waals surface area contributed by atoms with Crippen molar-refractivity contribution in [2.45, 2.75) is 62.9 Å². The van der Waals surface area contributed by atoms with Crippen LogP contribution in [-0.4, -0.2) is 46.6 Å². The van der Waals surface area contributed by atoms with Gasteiger partial charge < -0.3 is 20.3 Å². The highest BCUT2D eigenvalue weighted by Crippen LogP contribution is 2.51. The lowest BCUT2D eigenvalue weighted by Crippen LogP contribution is -2.64. The molecule has 3 atom stereocenters. The first kappa shape index (κ1) is 23.2. The van der Waals surface area contributed by atoms with Crippen LogP contribution in [0.2, 0.25) is 18.1 Å². The zero-order valence-electron chi connectivity index (χ0n) is 18.7. The fraction of sp³-hybridized carbons (Fsp3) is 0.500. The molecule has 0 spiro atoms. The third kappa shape index (κ3) is 4.30. The maximum atomic E-state index is 12.5. The predicted octanol–water partition coefficient (Wildman–Crippen LogP) is 2.75. The van der Waals surface area contributed by atoms with E-state index in [0.717, 1.165) is 0 Å². The zero-order valence-corrected chi connectivity index (χ0v) is 19.7. The zero-order chi connectivity index (χ0) is 23.0. The molecule has 1 aromatic heterocycles. The van der Waals surface area contributed by atoms with E-state index >= 15 is 0 Å². The van der Waals surface area contributed by atoms with Gasteiger partial charge in [-0.05, 0) is 23.2 Å². The van der Waals surface area contributed by atoms with E-state index in [-0.39, 0.29) is 23.9 Å². The van der Waals surface area contributed by atoms with Gasteiger partial charge in [-0.2, -0.15) is 4.98 Å². The van der Waals surface area contributed by atoms with Crippen molar-refractivity contribution < 1.29 is 19.4 Å². The summed E-state index contributed by atoms with van der Waals surface area (Å²) >= 11 is 0. The van der Waals surface area contributed by atoms with Crippen LogP contribution in [0.5, 0.6) is 0 Å². The first-order valence-corrected chi connectivity index (χ1v) is 13.3. The van der Waals surface area contributed by atoms with Gasteiger partial charge in [0.1, 0.15) is 24.8 Å². The Kier molecular flexibility index (Phi) is 6.14. The summed E-state index contributed by atoms with van der Waals surface area (Å²) in [6.07, 6.45) is 0.193. The molecule has 3 rings (SSSR count). The Morgan fingerprint density at radius 2 is 1.97 bits per heavy atom. The van der Waals surface area contributed by atoms with Crippen LogP contribution in [0.25, 0.3) is 0 Å². The Balaban J connectivity index is 1.91. The van der Waals surface area contributed by atoms with Crippen molar-refractivity contribution in [3.8, 4) is 0 Å². The van der Waals surface area contributed by atoms with Gasteiger partial charge in [-0.3, -0.25) is 4.57 Å². The number of nitrogens with two attached hydrogens (primary N) is 1. The van der Waals surface area contributed by atoms with Gasteiger partial charge in [-0.15, -0.1) is 0 Å². The SMILES string of the molecule is CC(C)(C)[Si](C)(C)[C@]1(O)C[C@H](n2ccc(N)nc2=O)O[C@@H]1COC(=O)c1ccccc1. The van der Waals surface area contributed by atoms with Gasteiger partial charge in [0.15, 0.2) is 0 Å². The quantitative estimate of drug-likeness (QED) is 0.537. The van der Waals surface area contributed by atoms with Gasteiger partial charge in [0.25, 0.3) is 0 Å². The van der Waals surface area contributed by atoms with Crippen LogP contribution in [0.3, 0.4) is 0 Å². The minimum atomic E-state index is -2.43. The first-order chi connectivity index (χ1) is 14.4. The van der Waals surface area contributed by atoms with Crippen molar-refractivity contribution in [1.82, 2.24) is 9.55 Å². The molecule has 9 heteroatoms. The van der Waals surface area contributed by atoms with Crippen LogP contribution in [0, 0.1) is 0 Å². The van der Waals surface area contributed by atoms with Gasteiger partial charge >= 0.3 is 11.7 Å². The van der Waals surface area contributed by atoms with Crippen molar-refractivity contribution in [2.24, 2.45) is 0 Å². The molecule has 1 saturated heterocycles. The van der Waals surface area contributed by atoms with Gasteiger partial charge in [0.05, 0.1) is 18.9 Å². The van der Waals surface area contributed by atoms with Crippen LogP contribution in [0.4, 0.5) is 5.82 Å². The number of carbonyl (C=O) groups excluding carboxylic acids is 1. The molecule has 1 aliphatic heterocycles. The minimum absolute atomic E-state index is 0.118. The Labute approximate surface area is 183 Å². The molecule has 0 amide bonds. The van der Waals surface area contributed by atoms with Crippen LogP contribution in [-0.2, 0) is 9.47 Å². The monoisotopic (exact) mass is 445 g/mol. The maximum Gasteiger partial charge on any atom is 0.351 e. The standard InChI is InChI=1S/C22H31N3O5Si/c1-21(2,3)31(4,5)22(28)13-18(25-12-11-17(23)24-20(25)27)30-16(22)14-29-19(26)15-9-7-6-8-10-15/h6-12,16,18,28H,13-14H2,1-5H3,(H2,23,24,27)/t16-,18-,22-/m1/s1. The van der Waals surface area contributed by atoms with Crippen molar-refractivity contribution in [2.75, 3.05) is 12.3 Å². The number of esters is 1. The number of rotatable bonds is 5. The number of nitrogen functional groups attached to an aromatic ring is 1. The first-order valence-electron chi connectivity index (χ1n) is 10.3. The summed E-state index contributed by atoms with van der Waals surface area (Å²) in [5, 5.41) is 10.5. The fourth-order valence-corrected chi connectivity index (χ4v) is 6.79. The molecule has 0 radical (unpaired) electrons. The third-order valence-corrected chi connectivity index (χ3v) is 13.3. The molecule has 3 N–H and O–H groups in total. The Hall–Kier alpha value is -2.49. The average molecular weight is 446 g/mol. The lowest BCUT2D eigenvalue weighted by Gasteiger charge is -2.49. The molecule has 1 fully saturated rings. The molecule has 8 nitrogen and oxygen atoms in total. The number of benzene rings is 1. The minimum Gasteiger partial charge on any atom is -0.459 e. The molecule has 1 aromatic carbocycles. The molecule has 2 heterocycles. The summed E-state index contributed by atoms with van der Waals surface area (Å²) in [4.78, 5) is 28.6. The third-order valence-electron chi connectivity index (χ3n) is 6.83. The van der Waals surface area contributed by atoms with Gasteiger partial charge in [-0.1, -0.05) is 52.1 Å². The molecule has 0 bridgehead atoms. The van der Waals surface area contributed by atoms with Crippen molar-refractivity contribution in [3.05, 3.63) is 58.6 Å². The second kappa shape index (κ2) is 8.21. The van der Waals surface area contributed by atoms with E-state index in [1.165, 1.54) is 16.8 Å². The van der Waals surface area contributed by atoms with E-state index in [9.17, 15) is 14.7 Å². The number of hydrogen-bond donors (Lipinski definition) is 2. The molecule has 1 aliphatic rings. The number of aromatic nitrogens is 2. The summed E-state index contributed by atoms with van der Waals surface area (Å²) in [6, 6.07) is 10.2. The van der Waals surface area contributed by atoms with E-state index in [1.54, 1.807) is 24.3 Å². The molecule has 0 aliphatic carbocycles. The smallest absolute Gasteiger partial charge is 0.351 e. The molecule has 0 saturated carbocycles. The second-order valence-corrected chi connectivity index (χ2v) is 15.2. The number of aliphatic hydroxyl groups is 1. The highest BCUT2D eigenvalue weighted by molar-refractivity contribution is 6.83. The normalized spacial score (nSPS) is 24.2. The van der Waals surface area contributed by atoms with Crippen LogP contribution >= 0.6 is 0 Å². The molecule has 31 heavy (non-hydrogen) atoms. The highest BCUT2D eigenvalue weighted by atomic mass is 28.3. The van der Waals surface area contributed by atoms with Gasteiger partial charge in [-0.25, -0.2) is 9.59 Å². The van der Waals surface area contributed by atoms with Crippen LogP contribution in [0.1, 0.15) is 43.8 Å². The van der Waals surface area contributed by atoms with Crippen molar-refractivity contribution in [1.29, 1.82) is 0 Å². The molecular formula is C22H31N3O5Si. The van der Waals surface area contributed by atoms with E-state index < -0.39 is 37.3 Å². The largest absolute Gasteiger partial charge is 0.459 e. The van der Waals surface area contributed by atoms with E-state index in [1.807, 2.05) is 6.07 Å². The number of hydrogen-bond acceptors (Lipinski definition) is 7. The number of ether oxygens (including phenoxy) is 2. The molecule has 0 unspecified atom stereocenters. The number of anilines is 1. The van der Waals surface area contributed by atoms with E-state index in [4.69, 9.17) is 15.2 Å². The van der Waals surface area contributed by atoms with Crippen molar-refractivity contribution >= 4 is 19.9 Å². The van der Waals surface area contributed by atoms with Crippen molar-refractivity contribution in [3.63, 3.8) is 0 Å². The summed E-state index contributed by atoms with van der Waals surface area (Å²) in [6.45, 7) is 10.3. The Morgan fingerprint density at radius 3 is 2.55 bits per heavy atom. The molecule has 2 aromatic rings. The lowest BCUT2D eigenvalue weighted by atomic mass is 10.1. The van der Waals surface area contributed by atoms with E-state index in [2.05, 4.69) is 38.8 Å². The molecular weight excluding hydrogens is 414 g/mol. The highest BCUT2D eigenvalue weighted by Gasteiger charge is 2.62. The van der Waals surface area contributed by atoms with Gasteiger partial charge in [0, 0.05) is 12.6 Å². The fourth-order valence-electron chi connectivity index (χ4n) is 3.85. The second-order valence-electron chi connectivity index (χ2n) is 9.59. The van der Waals surface area contributed by atoms with Crippen LogP contribution in [0.15, 0.2) is 47.4 Å². The Bertz CT molecular complexity index is 1000. The van der Waals surface area contributed by atoms with Gasteiger partial charge in [0.2, 0.25) is 0 Å². The van der Waals surface area contributed by atoms with E-state index in [0.29, 0.717) is 5.56 Å². The molecule has 168 valence electrons. The number of carbonyl (C=O) groups is 1. The predicted molar refractivity (Wildman–Crippen MR) is 120 cm³/mol. The van der Waals surface area contributed by atoms with Crippen LogP contribution < -0.4 is 11.4 Å². The Morgan fingerprint density at radius 1 is 1.32 bits per heavy atom. The summed E-state index contributed by atoms with van der Waals surface area (Å²) in [5.74, 6) is -0.371. The number of nitrogens with zero attached hydrogens (tertiary/aromatic N) is 2. The summed E-state index contributed by atoms with van der Waals surface area (Å²) in [7, 11) is -2.43. The average Bonchev–Trinajstić information content (AvgIpc) is 3.03. The maximum absolute atomic E-state index is 12.5. The lowest BCUT2D eigenvalue weighted by molar-refractivity contribution is -0.0655. The summed E-state index contributed by atoms with van der Waals surface area (Å²) < 4.78 is 13.0.